The predicted octanol–water partition coefficient (Wildman–Crippen LogP) is 3.08. The summed E-state index contributed by atoms with van der Waals surface area (Å²) in [5, 5.41) is 18.0. The first-order chi connectivity index (χ1) is 9.65. The summed E-state index contributed by atoms with van der Waals surface area (Å²) in [5.74, 6) is 0.754. The summed E-state index contributed by atoms with van der Waals surface area (Å²) in [7, 11) is 0. The molecule has 9 heteroatoms. The van der Waals surface area contributed by atoms with Gasteiger partial charge in [0.1, 0.15) is 5.75 Å². The van der Waals surface area contributed by atoms with Crippen LogP contribution in [-0.4, -0.2) is 20.2 Å². The van der Waals surface area contributed by atoms with E-state index in [0.717, 1.165) is 4.47 Å². The van der Waals surface area contributed by atoms with E-state index in [-0.39, 0.29) is 16.7 Å². The molecule has 1 aromatic carbocycles. The predicted molar refractivity (Wildman–Crippen MR) is 70.5 cm³/mol. The first-order valence-corrected chi connectivity index (χ1v) is 6.12. The Morgan fingerprint density at radius 3 is 2.80 bits per heavy atom. The van der Waals surface area contributed by atoms with E-state index in [1.165, 1.54) is 18.3 Å². The monoisotopic (exact) mass is 336 g/mol. The van der Waals surface area contributed by atoms with E-state index in [4.69, 9.17) is 4.74 Å². The van der Waals surface area contributed by atoms with Crippen molar-refractivity contribution in [2.75, 3.05) is 0 Å². The molecule has 0 amide bonds. The third-order valence-electron chi connectivity index (χ3n) is 2.46. The van der Waals surface area contributed by atoms with Gasteiger partial charge in [-0.25, -0.2) is 4.63 Å². The van der Waals surface area contributed by atoms with Gasteiger partial charge in [0.15, 0.2) is 11.3 Å². The van der Waals surface area contributed by atoms with Gasteiger partial charge in [0.05, 0.1) is 11.1 Å². The van der Waals surface area contributed by atoms with E-state index >= 15 is 0 Å². The number of halogens is 1. The lowest BCUT2D eigenvalue weighted by Crippen LogP contribution is -1.92. The molecule has 0 aliphatic heterocycles. The standard InChI is InChI=1S/C11H5BrN4O4/c12-6-3-7(5-13-4-6)19-9-2-1-8(16(17)18)10-11(9)15-20-14-10/h1-5H. The van der Waals surface area contributed by atoms with E-state index in [0.29, 0.717) is 11.5 Å². The highest BCUT2D eigenvalue weighted by molar-refractivity contribution is 9.10. The Balaban J connectivity index is 2.07. The van der Waals surface area contributed by atoms with Crippen molar-refractivity contribution >= 4 is 32.7 Å². The topological polar surface area (TPSA) is 104 Å². The van der Waals surface area contributed by atoms with Gasteiger partial charge in [0.25, 0.3) is 0 Å². The van der Waals surface area contributed by atoms with Gasteiger partial charge in [0.2, 0.25) is 5.52 Å². The molecule has 2 heterocycles. The van der Waals surface area contributed by atoms with Crippen molar-refractivity contribution < 1.29 is 14.3 Å². The molecule has 0 unspecified atom stereocenters. The number of fused-ring (bicyclic) bond motifs is 1. The van der Waals surface area contributed by atoms with Gasteiger partial charge in [-0.05, 0) is 38.4 Å². The van der Waals surface area contributed by atoms with Gasteiger partial charge >= 0.3 is 5.69 Å². The average molecular weight is 337 g/mol. The van der Waals surface area contributed by atoms with Crippen LogP contribution in [0.5, 0.6) is 11.5 Å². The quantitative estimate of drug-likeness (QED) is 0.534. The molecule has 2 aromatic heterocycles. The number of nitro groups is 1. The van der Waals surface area contributed by atoms with Crippen LogP contribution in [0.25, 0.3) is 11.0 Å². The molecular weight excluding hydrogens is 332 g/mol. The number of hydrogen-bond donors (Lipinski definition) is 0. The van der Waals surface area contributed by atoms with Crippen molar-refractivity contribution in [2.45, 2.75) is 0 Å². The molecule has 0 saturated carbocycles. The number of benzene rings is 1. The molecule has 0 atom stereocenters. The maximum atomic E-state index is 10.9. The summed E-state index contributed by atoms with van der Waals surface area (Å²) in [6, 6.07) is 4.42. The van der Waals surface area contributed by atoms with Crippen molar-refractivity contribution in [3.05, 3.63) is 45.2 Å². The van der Waals surface area contributed by atoms with Crippen molar-refractivity contribution in [1.29, 1.82) is 0 Å². The molecule has 0 bridgehead atoms. The fourth-order valence-electron chi connectivity index (χ4n) is 1.64. The second-order valence-electron chi connectivity index (χ2n) is 3.74. The second kappa shape index (κ2) is 4.85. The van der Waals surface area contributed by atoms with Gasteiger partial charge in [-0.15, -0.1) is 0 Å². The lowest BCUT2D eigenvalue weighted by molar-refractivity contribution is -0.383. The molecule has 0 aliphatic rings. The van der Waals surface area contributed by atoms with Gasteiger partial charge in [0, 0.05) is 16.7 Å². The van der Waals surface area contributed by atoms with Crippen molar-refractivity contribution in [1.82, 2.24) is 15.3 Å². The summed E-state index contributed by atoms with van der Waals surface area (Å²) in [4.78, 5) is 14.3. The smallest absolute Gasteiger partial charge is 0.301 e. The number of aromatic nitrogens is 3. The van der Waals surface area contributed by atoms with Crippen LogP contribution in [0.3, 0.4) is 0 Å². The fraction of sp³-hybridized carbons (Fsp3) is 0. The Morgan fingerprint density at radius 1 is 1.25 bits per heavy atom. The van der Waals surface area contributed by atoms with E-state index in [1.54, 1.807) is 12.3 Å². The molecule has 20 heavy (non-hydrogen) atoms. The highest BCUT2D eigenvalue weighted by Gasteiger charge is 2.20. The SMILES string of the molecule is O=[N+]([O-])c1ccc(Oc2cncc(Br)c2)c2nonc12. The molecule has 0 radical (unpaired) electrons. The van der Waals surface area contributed by atoms with Crippen LogP contribution in [0.4, 0.5) is 5.69 Å². The Hall–Kier alpha value is -2.55. The Morgan fingerprint density at radius 2 is 2.05 bits per heavy atom. The number of pyridine rings is 1. The molecule has 100 valence electrons. The Kier molecular flexibility index (Phi) is 3.03. The number of nitrogens with zero attached hydrogens (tertiary/aromatic N) is 4. The zero-order chi connectivity index (χ0) is 14.1. The molecule has 0 aliphatic carbocycles. The van der Waals surface area contributed by atoms with E-state index < -0.39 is 4.92 Å². The van der Waals surface area contributed by atoms with E-state index in [9.17, 15) is 10.1 Å². The van der Waals surface area contributed by atoms with Crippen LogP contribution < -0.4 is 4.74 Å². The lowest BCUT2D eigenvalue weighted by Gasteiger charge is -2.05. The van der Waals surface area contributed by atoms with Crippen LogP contribution in [0, 0.1) is 10.1 Å². The minimum Gasteiger partial charge on any atom is -0.453 e. The summed E-state index contributed by atoms with van der Waals surface area (Å²) in [6.45, 7) is 0. The maximum Gasteiger partial charge on any atom is 0.301 e. The minimum atomic E-state index is -0.559. The van der Waals surface area contributed by atoms with Crippen LogP contribution in [-0.2, 0) is 0 Å². The number of ether oxygens (including phenoxy) is 1. The van der Waals surface area contributed by atoms with E-state index in [2.05, 4.69) is 35.9 Å². The molecule has 3 aromatic rings. The van der Waals surface area contributed by atoms with Crippen LogP contribution in [0.2, 0.25) is 0 Å². The number of rotatable bonds is 3. The maximum absolute atomic E-state index is 10.9. The van der Waals surface area contributed by atoms with Gasteiger partial charge in [-0.2, -0.15) is 0 Å². The number of non-ortho nitro benzene ring substituents is 1. The highest BCUT2D eigenvalue weighted by atomic mass is 79.9. The zero-order valence-corrected chi connectivity index (χ0v) is 11.3. The lowest BCUT2D eigenvalue weighted by atomic mass is 10.2. The molecule has 0 saturated heterocycles. The van der Waals surface area contributed by atoms with Gasteiger partial charge in [-0.1, -0.05) is 0 Å². The van der Waals surface area contributed by atoms with Crippen molar-refractivity contribution in [3.8, 4) is 11.5 Å². The fourth-order valence-corrected chi connectivity index (χ4v) is 1.98. The first-order valence-electron chi connectivity index (χ1n) is 5.33. The third-order valence-corrected chi connectivity index (χ3v) is 2.90. The normalized spacial score (nSPS) is 10.7. The summed E-state index contributed by atoms with van der Waals surface area (Å²) >= 11 is 3.27. The van der Waals surface area contributed by atoms with Gasteiger partial charge in [-0.3, -0.25) is 15.1 Å². The highest BCUT2D eigenvalue weighted by Crippen LogP contribution is 2.33. The average Bonchev–Trinajstić information content (AvgIpc) is 2.88. The van der Waals surface area contributed by atoms with E-state index in [1.807, 2.05) is 0 Å². The number of nitro benzene ring substituents is 1. The molecule has 0 N–H and O–H groups in total. The molecule has 8 nitrogen and oxygen atoms in total. The molecule has 0 fully saturated rings. The third kappa shape index (κ3) is 2.18. The second-order valence-corrected chi connectivity index (χ2v) is 4.66. The molecule has 0 spiro atoms. The zero-order valence-electron chi connectivity index (χ0n) is 9.69. The first kappa shape index (κ1) is 12.5. The minimum absolute atomic E-state index is 0.0375. The van der Waals surface area contributed by atoms with Crippen LogP contribution >= 0.6 is 15.9 Å². The summed E-state index contributed by atoms with van der Waals surface area (Å²) < 4.78 is 10.9. The summed E-state index contributed by atoms with van der Waals surface area (Å²) in [5.41, 5.74) is 0.0237. The van der Waals surface area contributed by atoms with Crippen LogP contribution in [0.15, 0.2) is 39.7 Å². The number of hydrogen-bond acceptors (Lipinski definition) is 7. The Bertz CT molecular complexity index is 804. The molecule has 3 rings (SSSR count). The summed E-state index contributed by atoms with van der Waals surface area (Å²) in [6.07, 6.45) is 3.11. The van der Waals surface area contributed by atoms with Crippen LogP contribution in [0.1, 0.15) is 0 Å². The van der Waals surface area contributed by atoms with Crippen molar-refractivity contribution in [2.24, 2.45) is 0 Å². The largest absolute Gasteiger partial charge is 0.453 e. The molecular formula is C11H5BrN4O4. The van der Waals surface area contributed by atoms with Crippen molar-refractivity contribution in [3.63, 3.8) is 0 Å². The van der Waals surface area contributed by atoms with Gasteiger partial charge < -0.3 is 4.74 Å². The Labute approximate surface area is 119 Å².